The van der Waals surface area contributed by atoms with Gasteiger partial charge in [-0.2, -0.15) is 0 Å². The molecule has 34 heavy (non-hydrogen) atoms. The molecule has 0 saturated carbocycles. The van der Waals surface area contributed by atoms with Crippen molar-refractivity contribution in [1.29, 1.82) is 0 Å². The van der Waals surface area contributed by atoms with Gasteiger partial charge in [0.1, 0.15) is 5.75 Å². The molecule has 0 aliphatic heterocycles. The van der Waals surface area contributed by atoms with Crippen LogP contribution in [0.15, 0.2) is 60.7 Å². The topological polar surface area (TPSA) is 95.1 Å². The van der Waals surface area contributed by atoms with Crippen molar-refractivity contribution in [1.82, 2.24) is 0 Å². The van der Waals surface area contributed by atoms with Crippen LogP contribution in [-0.2, 0) is 11.2 Å². The Morgan fingerprint density at radius 1 is 0.676 bits per heavy atom. The number of methoxy groups -OCH3 is 4. The van der Waals surface area contributed by atoms with E-state index >= 15 is 0 Å². The minimum absolute atomic E-state index is 0.160. The SMILES string of the molecule is COc1ccc(NC(=O)c2ccc(NC(=O)CCc3ccc(OC)c(OC)c3OC)cc2)cc1. The van der Waals surface area contributed by atoms with Gasteiger partial charge in [0.25, 0.3) is 5.91 Å². The molecule has 0 saturated heterocycles. The average Bonchev–Trinajstić information content (AvgIpc) is 2.87. The summed E-state index contributed by atoms with van der Waals surface area (Å²) in [6, 6.07) is 17.4. The second-order valence-electron chi connectivity index (χ2n) is 7.30. The van der Waals surface area contributed by atoms with Gasteiger partial charge in [-0.05, 0) is 66.6 Å². The van der Waals surface area contributed by atoms with Crippen LogP contribution in [0.5, 0.6) is 23.0 Å². The van der Waals surface area contributed by atoms with Gasteiger partial charge in [0, 0.05) is 23.4 Å². The number of nitrogens with one attached hydrogen (secondary N) is 2. The average molecular weight is 465 g/mol. The number of hydrogen-bond donors (Lipinski definition) is 2. The van der Waals surface area contributed by atoms with E-state index < -0.39 is 0 Å². The van der Waals surface area contributed by atoms with Crippen LogP contribution in [0.2, 0.25) is 0 Å². The summed E-state index contributed by atoms with van der Waals surface area (Å²) in [5.74, 6) is 1.90. The first kappa shape index (κ1) is 24.4. The first-order chi connectivity index (χ1) is 16.5. The Morgan fingerprint density at radius 3 is 1.88 bits per heavy atom. The van der Waals surface area contributed by atoms with E-state index in [1.54, 1.807) is 75.9 Å². The number of hydrogen-bond acceptors (Lipinski definition) is 6. The Kier molecular flexibility index (Phi) is 8.34. The summed E-state index contributed by atoms with van der Waals surface area (Å²) in [6.07, 6.45) is 0.698. The van der Waals surface area contributed by atoms with E-state index in [9.17, 15) is 9.59 Å². The fourth-order valence-electron chi connectivity index (χ4n) is 3.41. The molecule has 0 atom stereocenters. The highest BCUT2D eigenvalue weighted by atomic mass is 16.5. The van der Waals surface area contributed by atoms with E-state index in [1.807, 2.05) is 6.07 Å². The Labute approximate surface area is 198 Å². The molecule has 0 bridgehead atoms. The Hall–Kier alpha value is -4.20. The fourth-order valence-corrected chi connectivity index (χ4v) is 3.41. The molecule has 2 amide bonds. The van der Waals surface area contributed by atoms with Crippen LogP contribution in [0.25, 0.3) is 0 Å². The lowest BCUT2D eigenvalue weighted by Gasteiger charge is -2.15. The quantitative estimate of drug-likeness (QED) is 0.457. The smallest absolute Gasteiger partial charge is 0.255 e. The van der Waals surface area contributed by atoms with Gasteiger partial charge in [0.15, 0.2) is 11.5 Å². The van der Waals surface area contributed by atoms with Crippen LogP contribution in [0, 0.1) is 0 Å². The normalized spacial score (nSPS) is 10.2. The van der Waals surface area contributed by atoms with Crippen molar-refractivity contribution in [2.45, 2.75) is 12.8 Å². The highest BCUT2D eigenvalue weighted by molar-refractivity contribution is 6.04. The molecular weight excluding hydrogens is 436 g/mol. The van der Waals surface area contributed by atoms with E-state index in [4.69, 9.17) is 18.9 Å². The van der Waals surface area contributed by atoms with Crippen LogP contribution >= 0.6 is 0 Å². The standard InChI is InChI=1S/C26H28N2O6/c1-31-21-13-11-20(12-14-21)28-26(30)18-5-9-19(10-6-18)27-23(29)16-8-17-7-15-22(32-2)25(34-4)24(17)33-3/h5-7,9-15H,8,16H2,1-4H3,(H,27,29)(H,28,30). The van der Waals surface area contributed by atoms with Gasteiger partial charge in [-0.25, -0.2) is 0 Å². The molecule has 0 aliphatic rings. The van der Waals surface area contributed by atoms with E-state index in [1.165, 1.54) is 7.11 Å². The molecule has 0 spiro atoms. The van der Waals surface area contributed by atoms with Crippen LogP contribution in [0.3, 0.4) is 0 Å². The van der Waals surface area contributed by atoms with Gasteiger partial charge < -0.3 is 29.6 Å². The third-order valence-corrected chi connectivity index (χ3v) is 5.19. The van der Waals surface area contributed by atoms with Gasteiger partial charge in [0.05, 0.1) is 28.4 Å². The molecule has 8 nitrogen and oxygen atoms in total. The summed E-state index contributed by atoms with van der Waals surface area (Å²) >= 11 is 0. The minimum atomic E-state index is -0.247. The third-order valence-electron chi connectivity index (χ3n) is 5.19. The van der Waals surface area contributed by atoms with Crippen LogP contribution in [-0.4, -0.2) is 40.3 Å². The van der Waals surface area contributed by atoms with Gasteiger partial charge in [-0.1, -0.05) is 6.07 Å². The van der Waals surface area contributed by atoms with Crippen molar-refractivity contribution in [3.8, 4) is 23.0 Å². The zero-order chi connectivity index (χ0) is 24.5. The Bertz CT molecular complexity index is 1130. The molecule has 0 aromatic heterocycles. The number of ether oxygens (including phenoxy) is 4. The molecule has 178 valence electrons. The second kappa shape index (κ2) is 11.6. The maximum Gasteiger partial charge on any atom is 0.255 e. The van der Waals surface area contributed by atoms with Gasteiger partial charge in [-0.3, -0.25) is 9.59 Å². The molecule has 8 heteroatoms. The van der Waals surface area contributed by atoms with Crippen molar-refractivity contribution in [3.63, 3.8) is 0 Å². The Morgan fingerprint density at radius 2 is 1.29 bits per heavy atom. The molecule has 3 rings (SSSR count). The molecule has 0 unspecified atom stereocenters. The number of carbonyl (C=O) groups is 2. The molecule has 0 radical (unpaired) electrons. The summed E-state index contributed by atoms with van der Waals surface area (Å²) in [5, 5.41) is 5.67. The van der Waals surface area contributed by atoms with Crippen molar-refractivity contribution in [3.05, 3.63) is 71.8 Å². The number of rotatable bonds is 10. The van der Waals surface area contributed by atoms with E-state index in [2.05, 4.69) is 10.6 Å². The number of aryl methyl sites for hydroxylation is 1. The number of benzene rings is 3. The van der Waals surface area contributed by atoms with Gasteiger partial charge >= 0.3 is 0 Å². The molecule has 3 aromatic rings. The lowest BCUT2D eigenvalue weighted by Crippen LogP contribution is -2.14. The highest BCUT2D eigenvalue weighted by Crippen LogP contribution is 2.40. The second-order valence-corrected chi connectivity index (χ2v) is 7.30. The maximum atomic E-state index is 12.5. The number of amides is 2. The van der Waals surface area contributed by atoms with Crippen molar-refractivity contribution >= 4 is 23.2 Å². The molecular formula is C26H28N2O6. The lowest BCUT2D eigenvalue weighted by atomic mass is 10.1. The number of carbonyl (C=O) groups excluding carboxylic acids is 2. The summed E-state index contributed by atoms with van der Waals surface area (Å²) in [7, 11) is 6.23. The highest BCUT2D eigenvalue weighted by Gasteiger charge is 2.16. The molecule has 0 fully saturated rings. The first-order valence-corrected chi connectivity index (χ1v) is 10.6. The molecule has 3 aromatic carbocycles. The summed E-state index contributed by atoms with van der Waals surface area (Å²) in [6.45, 7) is 0. The van der Waals surface area contributed by atoms with Gasteiger partial charge in [0.2, 0.25) is 11.7 Å². The number of anilines is 2. The fraction of sp³-hybridized carbons (Fsp3) is 0.231. The molecule has 0 aliphatic carbocycles. The monoisotopic (exact) mass is 464 g/mol. The summed E-state index contributed by atoms with van der Waals surface area (Å²) < 4.78 is 21.3. The summed E-state index contributed by atoms with van der Waals surface area (Å²) in [5.41, 5.74) is 2.57. The Balaban J connectivity index is 1.57. The lowest BCUT2D eigenvalue weighted by molar-refractivity contribution is -0.116. The molecule has 2 N–H and O–H groups in total. The van der Waals surface area contributed by atoms with Crippen LogP contribution in [0.4, 0.5) is 11.4 Å². The first-order valence-electron chi connectivity index (χ1n) is 10.6. The largest absolute Gasteiger partial charge is 0.497 e. The van der Waals surface area contributed by atoms with E-state index in [-0.39, 0.29) is 18.2 Å². The maximum absolute atomic E-state index is 12.5. The predicted octanol–water partition coefficient (Wildman–Crippen LogP) is 4.54. The van der Waals surface area contributed by atoms with Crippen molar-refractivity contribution in [2.75, 3.05) is 39.1 Å². The van der Waals surface area contributed by atoms with Crippen LogP contribution in [0.1, 0.15) is 22.3 Å². The van der Waals surface area contributed by atoms with Crippen LogP contribution < -0.4 is 29.6 Å². The van der Waals surface area contributed by atoms with E-state index in [0.29, 0.717) is 46.4 Å². The third kappa shape index (κ3) is 5.98. The minimum Gasteiger partial charge on any atom is -0.497 e. The van der Waals surface area contributed by atoms with Crippen molar-refractivity contribution in [2.24, 2.45) is 0 Å². The summed E-state index contributed by atoms with van der Waals surface area (Å²) in [4.78, 5) is 24.9. The van der Waals surface area contributed by atoms with Gasteiger partial charge in [-0.15, -0.1) is 0 Å². The zero-order valence-electron chi connectivity index (χ0n) is 19.6. The van der Waals surface area contributed by atoms with E-state index in [0.717, 1.165) is 5.56 Å². The molecule has 0 heterocycles. The van der Waals surface area contributed by atoms with Crippen molar-refractivity contribution < 1.29 is 28.5 Å². The zero-order valence-corrected chi connectivity index (χ0v) is 19.6. The predicted molar refractivity (Wildman–Crippen MR) is 130 cm³/mol.